The molecule has 2 N–H and O–H groups in total. The maximum atomic E-state index is 10.6. The van der Waals surface area contributed by atoms with Crippen molar-refractivity contribution in [2.24, 2.45) is 23.7 Å². The van der Waals surface area contributed by atoms with Gasteiger partial charge >= 0.3 is 0 Å². The Morgan fingerprint density at radius 3 is 2.59 bits per heavy atom. The highest BCUT2D eigenvalue weighted by atomic mass is 16.3. The number of fused-ring (bicyclic) bond motifs is 1. The lowest BCUT2D eigenvalue weighted by molar-refractivity contribution is -0.0729. The molecule has 0 bridgehead atoms. The van der Waals surface area contributed by atoms with E-state index in [1.54, 1.807) is 0 Å². The molecule has 5 unspecified atom stereocenters. The first-order chi connectivity index (χ1) is 7.84. The van der Waals surface area contributed by atoms with E-state index in [0.717, 1.165) is 25.7 Å². The smallest absolute Gasteiger partial charge is 0.0678 e. The van der Waals surface area contributed by atoms with Crippen LogP contribution in [0, 0.1) is 23.7 Å². The highest BCUT2D eigenvalue weighted by Gasteiger charge is 2.51. The Morgan fingerprint density at radius 2 is 2.00 bits per heavy atom. The molecular formula is C15H26O2. The Hall–Kier alpha value is -0.340. The van der Waals surface area contributed by atoms with Crippen molar-refractivity contribution >= 4 is 0 Å². The van der Waals surface area contributed by atoms with Crippen LogP contribution in [-0.4, -0.2) is 21.9 Å². The van der Waals surface area contributed by atoms with Gasteiger partial charge in [-0.1, -0.05) is 26.0 Å². The Kier molecular flexibility index (Phi) is 3.39. The van der Waals surface area contributed by atoms with Crippen molar-refractivity contribution in [2.75, 3.05) is 0 Å². The quantitative estimate of drug-likeness (QED) is 0.690. The summed E-state index contributed by atoms with van der Waals surface area (Å²) in [5.74, 6) is 1.08. The van der Waals surface area contributed by atoms with Gasteiger partial charge in [0.15, 0.2) is 0 Å². The third-order valence-corrected chi connectivity index (χ3v) is 5.10. The van der Waals surface area contributed by atoms with Gasteiger partial charge in [0.05, 0.1) is 11.7 Å². The number of hydrogen-bond donors (Lipinski definition) is 2. The van der Waals surface area contributed by atoms with Crippen LogP contribution >= 0.6 is 0 Å². The van der Waals surface area contributed by atoms with Crippen LogP contribution in [0.1, 0.15) is 46.5 Å². The molecule has 2 fully saturated rings. The van der Waals surface area contributed by atoms with Crippen molar-refractivity contribution in [2.45, 2.75) is 58.2 Å². The van der Waals surface area contributed by atoms with Gasteiger partial charge in [-0.3, -0.25) is 0 Å². The standard InChI is InChI=1S/C15H26O2/c1-9(2)11-6-5-10(3)12-7-8-15(4,17)13(12)14(11)16/h9,11-14,16-17H,3,5-8H2,1-2,4H3. The first kappa shape index (κ1) is 13.1. The molecule has 0 saturated heterocycles. The predicted octanol–water partition coefficient (Wildman–Crippen LogP) is 2.75. The van der Waals surface area contributed by atoms with Crippen LogP contribution in [0.3, 0.4) is 0 Å². The highest BCUT2D eigenvalue weighted by Crippen LogP contribution is 2.51. The molecule has 98 valence electrons. The summed E-state index contributed by atoms with van der Waals surface area (Å²) in [5, 5.41) is 21.1. The zero-order chi connectivity index (χ0) is 12.8. The van der Waals surface area contributed by atoms with Gasteiger partial charge in [0.1, 0.15) is 0 Å². The maximum Gasteiger partial charge on any atom is 0.0678 e. The summed E-state index contributed by atoms with van der Waals surface area (Å²) in [4.78, 5) is 0. The summed E-state index contributed by atoms with van der Waals surface area (Å²) in [6, 6.07) is 0. The van der Waals surface area contributed by atoms with Crippen LogP contribution < -0.4 is 0 Å². The number of aliphatic hydroxyl groups is 2. The molecule has 0 aliphatic heterocycles. The van der Waals surface area contributed by atoms with Crippen LogP contribution in [-0.2, 0) is 0 Å². The molecule has 2 heteroatoms. The fourth-order valence-electron chi connectivity index (χ4n) is 3.99. The second-order valence-electron chi connectivity index (χ2n) is 6.62. The summed E-state index contributed by atoms with van der Waals surface area (Å²) < 4.78 is 0. The number of rotatable bonds is 1. The molecule has 2 saturated carbocycles. The Balaban J connectivity index is 2.31. The Bertz CT molecular complexity index is 306. The molecule has 0 amide bonds. The van der Waals surface area contributed by atoms with Gasteiger partial charge in [-0.15, -0.1) is 0 Å². The summed E-state index contributed by atoms with van der Waals surface area (Å²) in [6.45, 7) is 10.4. The van der Waals surface area contributed by atoms with Crippen molar-refractivity contribution in [1.29, 1.82) is 0 Å². The molecule has 0 aromatic rings. The minimum Gasteiger partial charge on any atom is -0.392 e. The maximum absolute atomic E-state index is 10.6. The van der Waals surface area contributed by atoms with Gasteiger partial charge < -0.3 is 10.2 Å². The molecule has 2 nitrogen and oxygen atoms in total. The first-order valence-electron chi connectivity index (χ1n) is 6.92. The van der Waals surface area contributed by atoms with E-state index >= 15 is 0 Å². The summed E-state index contributed by atoms with van der Waals surface area (Å²) in [6.07, 6.45) is 3.43. The van der Waals surface area contributed by atoms with Crippen LogP contribution in [0.5, 0.6) is 0 Å². The lowest BCUT2D eigenvalue weighted by Crippen LogP contribution is -2.44. The lowest BCUT2D eigenvalue weighted by atomic mass is 9.75. The average molecular weight is 238 g/mol. The molecule has 17 heavy (non-hydrogen) atoms. The van der Waals surface area contributed by atoms with Gasteiger partial charge in [-0.25, -0.2) is 0 Å². The van der Waals surface area contributed by atoms with Crippen molar-refractivity contribution in [1.82, 2.24) is 0 Å². The fraction of sp³-hybridized carbons (Fsp3) is 0.867. The van der Waals surface area contributed by atoms with Crippen LogP contribution in [0.15, 0.2) is 12.2 Å². The highest BCUT2D eigenvalue weighted by molar-refractivity contribution is 5.15. The van der Waals surface area contributed by atoms with E-state index in [1.807, 2.05) is 6.92 Å². The zero-order valence-corrected chi connectivity index (χ0v) is 11.3. The minimum absolute atomic E-state index is 0.00935. The molecule has 0 aromatic heterocycles. The third kappa shape index (κ3) is 2.17. The summed E-state index contributed by atoms with van der Waals surface area (Å²) >= 11 is 0. The molecular weight excluding hydrogens is 212 g/mol. The normalized spacial score (nSPS) is 47.1. The molecule has 0 heterocycles. The Morgan fingerprint density at radius 1 is 1.35 bits per heavy atom. The fourth-order valence-corrected chi connectivity index (χ4v) is 3.99. The average Bonchev–Trinajstić information content (AvgIpc) is 2.45. The largest absolute Gasteiger partial charge is 0.392 e. The number of allylic oxidation sites excluding steroid dienone is 1. The van der Waals surface area contributed by atoms with E-state index in [4.69, 9.17) is 0 Å². The van der Waals surface area contributed by atoms with E-state index in [0.29, 0.717) is 17.8 Å². The predicted molar refractivity (Wildman–Crippen MR) is 69.5 cm³/mol. The molecule has 0 spiro atoms. The minimum atomic E-state index is -0.718. The summed E-state index contributed by atoms with van der Waals surface area (Å²) in [5.41, 5.74) is 0.528. The van der Waals surface area contributed by atoms with Gasteiger partial charge in [0.25, 0.3) is 0 Å². The van der Waals surface area contributed by atoms with E-state index in [-0.39, 0.29) is 12.0 Å². The van der Waals surface area contributed by atoms with Crippen LogP contribution in [0.2, 0.25) is 0 Å². The van der Waals surface area contributed by atoms with Crippen molar-refractivity contribution in [3.63, 3.8) is 0 Å². The van der Waals surface area contributed by atoms with Gasteiger partial charge in [0.2, 0.25) is 0 Å². The van der Waals surface area contributed by atoms with E-state index in [9.17, 15) is 10.2 Å². The van der Waals surface area contributed by atoms with Gasteiger partial charge in [-0.05, 0) is 50.4 Å². The van der Waals surface area contributed by atoms with Crippen LogP contribution in [0.25, 0.3) is 0 Å². The molecule has 2 rings (SSSR count). The first-order valence-corrected chi connectivity index (χ1v) is 6.92. The van der Waals surface area contributed by atoms with Crippen molar-refractivity contribution < 1.29 is 10.2 Å². The Labute approximate surface area is 105 Å². The van der Waals surface area contributed by atoms with Gasteiger partial charge in [-0.2, -0.15) is 0 Å². The number of hydrogen-bond acceptors (Lipinski definition) is 2. The molecule has 2 aliphatic rings. The zero-order valence-electron chi connectivity index (χ0n) is 11.3. The van der Waals surface area contributed by atoms with E-state index in [2.05, 4.69) is 20.4 Å². The second-order valence-corrected chi connectivity index (χ2v) is 6.62. The summed E-state index contributed by atoms with van der Waals surface area (Å²) in [7, 11) is 0. The molecule has 0 radical (unpaired) electrons. The lowest BCUT2D eigenvalue weighted by Gasteiger charge is -2.36. The van der Waals surface area contributed by atoms with Crippen molar-refractivity contribution in [3.8, 4) is 0 Å². The molecule has 5 atom stereocenters. The van der Waals surface area contributed by atoms with Gasteiger partial charge in [0, 0.05) is 5.92 Å². The third-order valence-electron chi connectivity index (χ3n) is 5.10. The van der Waals surface area contributed by atoms with Crippen LogP contribution in [0.4, 0.5) is 0 Å². The topological polar surface area (TPSA) is 40.5 Å². The van der Waals surface area contributed by atoms with Crippen molar-refractivity contribution in [3.05, 3.63) is 12.2 Å². The monoisotopic (exact) mass is 238 g/mol. The molecule has 0 aromatic carbocycles. The van der Waals surface area contributed by atoms with E-state index < -0.39 is 5.60 Å². The molecule has 2 aliphatic carbocycles. The second kappa shape index (κ2) is 4.40. The number of aliphatic hydroxyl groups excluding tert-OH is 1. The van der Waals surface area contributed by atoms with E-state index in [1.165, 1.54) is 5.57 Å². The SMILES string of the molecule is C=C1CCC(C(C)C)C(O)C2C1CCC2(C)O.